The summed E-state index contributed by atoms with van der Waals surface area (Å²) in [7, 11) is 0. The molecule has 1 aromatic rings. The largest absolute Gasteiger partial charge is 0.506 e. The smallest absolute Gasteiger partial charge is 0.255 e. The van der Waals surface area contributed by atoms with Gasteiger partial charge in [0.05, 0.1) is 5.70 Å². The van der Waals surface area contributed by atoms with Crippen molar-refractivity contribution < 1.29 is 9.90 Å². The summed E-state index contributed by atoms with van der Waals surface area (Å²) in [6.45, 7) is 11.4. The van der Waals surface area contributed by atoms with Crippen molar-refractivity contribution in [1.29, 1.82) is 0 Å². The van der Waals surface area contributed by atoms with Gasteiger partial charge in [0.25, 0.3) is 5.91 Å². The monoisotopic (exact) mass is 275 g/mol. The Kier molecular flexibility index (Phi) is 8.06. The van der Waals surface area contributed by atoms with Crippen molar-refractivity contribution in [2.24, 2.45) is 0 Å². The summed E-state index contributed by atoms with van der Waals surface area (Å²) in [4.78, 5) is 12.0. The third-order valence-electron chi connectivity index (χ3n) is 2.86. The Hall–Kier alpha value is -2.03. The summed E-state index contributed by atoms with van der Waals surface area (Å²) in [6, 6.07) is 5.53. The molecule has 0 aliphatic heterocycles. The average Bonchev–Trinajstić information content (AvgIpc) is 2.48. The molecule has 3 nitrogen and oxygen atoms in total. The molecule has 0 radical (unpaired) electrons. The number of allylic oxidation sites excluding steroid dienone is 2. The van der Waals surface area contributed by atoms with E-state index in [0.717, 1.165) is 11.1 Å². The number of carbonyl (C=O) groups is 1. The second-order valence-corrected chi connectivity index (χ2v) is 4.13. The van der Waals surface area contributed by atoms with Gasteiger partial charge in [-0.05, 0) is 57.0 Å². The first kappa shape index (κ1) is 18.0. The van der Waals surface area contributed by atoms with Crippen molar-refractivity contribution in [2.75, 3.05) is 0 Å². The Bertz CT molecular complexity index is 514. The zero-order valence-electron chi connectivity index (χ0n) is 13.2. The number of hydrogen-bond acceptors (Lipinski definition) is 2. The molecule has 3 heteroatoms. The number of aliphatic hydroxyl groups is 1. The van der Waals surface area contributed by atoms with E-state index in [1.54, 1.807) is 26.0 Å². The summed E-state index contributed by atoms with van der Waals surface area (Å²) in [5.41, 5.74) is 3.22. The van der Waals surface area contributed by atoms with Crippen LogP contribution in [0.15, 0.2) is 41.8 Å². The van der Waals surface area contributed by atoms with Crippen LogP contribution in [0.1, 0.15) is 49.2 Å². The maximum Gasteiger partial charge on any atom is 0.255 e. The van der Waals surface area contributed by atoms with Crippen molar-refractivity contribution in [1.82, 2.24) is 5.32 Å². The van der Waals surface area contributed by atoms with Gasteiger partial charge in [-0.25, -0.2) is 0 Å². The highest BCUT2D eigenvalue weighted by Crippen LogP contribution is 2.11. The van der Waals surface area contributed by atoms with Crippen molar-refractivity contribution in [2.45, 2.75) is 41.5 Å². The van der Waals surface area contributed by atoms with Crippen molar-refractivity contribution in [3.05, 3.63) is 58.5 Å². The van der Waals surface area contributed by atoms with Crippen LogP contribution in [0.25, 0.3) is 0 Å². The number of carbonyl (C=O) groups excluding carboxylic acids is 1. The second kappa shape index (κ2) is 8.97. The molecular formula is C17H25NO2. The molecule has 0 aliphatic rings. The van der Waals surface area contributed by atoms with Crippen LogP contribution < -0.4 is 5.32 Å². The summed E-state index contributed by atoms with van der Waals surface area (Å²) in [6.07, 6.45) is 3.20. The van der Waals surface area contributed by atoms with Crippen molar-refractivity contribution in [3.63, 3.8) is 0 Å². The van der Waals surface area contributed by atoms with Crippen LogP contribution in [-0.4, -0.2) is 11.0 Å². The molecule has 2 N–H and O–H groups in total. The lowest BCUT2D eigenvalue weighted by atomic mass is 10.1. The predicted octanol–water partition coefficient (Wildman–Crippen LogP) is 4.43. The van der Waals surface area contributed by atoms with E-state index in [9.17, 15) is 9.90 Å². The zero-order valence-corrected chi connectivity index (χ0v) is 13.2. The molecule has 0 aromatic heterocycles. The lowest BCUT2D eigenvalue weighted by Gasteiger charge is -2.09. The fraction of sp³-hybridized carbons (Fsp3) is 0.353. The number of aryl methyl sites for hydroxylation is 2. The lowest BCUT2D eigenvalue weighted by Crippen LogP contribution is -2.23. The second-order valence-electron chi connectivity index (χ2n) is 4.13. The molecule has 0 fully saturated rings. The highest BCUT2D eigenvalue weighted by molar-refractivity contribution is 5.95. The molecule has 0 heterocycles. The number of rotatable bonds is 3. The fourth-order valence-electron chi connectivity index (χ4n) is 1.52. The van der Waals surface area contributed by atoms with Gasteiger partial charge in [-0.15, -0.1) is 0 Å². The van der Waals surface area contributed by atoms with Gasteiger partial charge >= 0.3 is 0 Å². The van der Waals surface area contributed by atoms with Crippen LogP contribution >= 0.6 is 0 Å². The Morgan fingerprint density at radius 1 is 1.10 bits per heavy atom. The maximum absolute atomic E-state index is 12.0. The molecule has 0 unspecified atom stereocenters. The molecular weight excluding hydrogens is 250 g/mol. The summed E-state index contributed by atoms with van der Waals surface area (Å²) in [5, 5.41) is 12.3. The normalized spacial score (nSPS) is 11.5. The van der Waals surface area contributed by atoms with Gasteiger partial charge in [0.1, 0.15) is 5.76 Å². The van der Waals surface area contributed by atoms with Gasteiger partial charge in [0, 0.05) is 5.56 Å². The number of hydrogen-bond donors (Lipinski definition) is 2. The highest BCUT2D eigenvalue weighted by Gasteiger charge is 2.10. The Labute approximate surface area is 122 Å². The average molecular weight is 275 g/mol. The molecule has 1 rings (SSSR count). The number of aliphatic hydroxyl groups excluding tert-OH is 1. The topological polar surface area (TPSA) is 49.3 Å². The van der Waals surface area contributed by atoms with Crippen LogP contribution in [0.2, 0.25) is 0 Å². The molecule has 0 saturated heterocycles. The third-order valence-corrected chi connectivity index (χ3v) is 2.86. The molecule has 110 valence electrons. The lowest BCUT2D eigenvalue weighted by molar-refractivity contribution is 0.0964. The van der Waals surface area contributed by atoms with Crippen molar-refractivity contribution in [3.8, 4) is 0 Å². The third kappa shape index (κ3) is 4.92. The van der Waals surface area contributed by atoms with E-state index in [1.165, 1.54) is 6.08 Å². The number of nitrogens with one attached hydrogen (secondary N) is 1. The van der Waals surface area contributed by atoms with Gasteiger partial charge in [-0.1, -0.05) is 26.0 Å². The van der Waals surface area contributed by atoms with Crippen LogP contribution in [0, 0.1) is 13.8 Å². The maximum atomic E-state index is 12.0. The van der Waals surface area contributed by atoms with Gasteiger partial charge in [-0.3, -0.25) is 4.79 Å². The van der Waals surface area contributed by atoms with Gasteiger partial charge in [0.15, 0.2) is 0 Å². The summed E-state index contributed by atoms with van der Waals surface area (Å²) < 4.78 is 0. The van der Waals surface area contributed by atoms with Crippen LogP contribution in [0.5, 0.6) is 0 Å². The Morgan fingerprint density at radius 2 is 1.70 bits per heavy atom. The fourth-order valence-corrected chi connectivity index (χ4v) is 1.52. The first-order chi connectivity index (χ1) is 9.49. The molecule has 20 heavy (non-hydrogen) atoms. The molecule has 1 aromatic carbocycles. The predicted molar refractivity (Wildman–Crippen MR) is 84.9 cm³/mol. The van der Waals surface area contributed by atoms with E-state index >= 15 is 0 Å². The molecule has 0 spiro atoms. The van der Waals surface area contributed by atoms with E-state index in [4.69, 9.17) is 0 Å². The summed E-state index contributed by atoms with van der Waals surface area (Å²) >= 11 is 0. The minimum absolute atomic E-state index is 0.0645. The summed E-state index contributed by atoms with van der Waals surface area (Å²) in [5.74, 6) is -0.158. The molecule has 1 amide bonds. The van der Waals surface area contributed by atoms with Gasteiger partial charge in [0.2, 0.25) is 0 Å². The highest BCUT2D eigenvalue weighted by atomic mass is 16.3. The van der Waals surface area contributed by atoms with Crippen LogP contribution in [-0.2, 0) is 0 Å². The van der Waals surface area contributed by atoms with E-state index in [-0.39, 0.29) is 11.7 Å². The first-order valence-electron chi connectivity index (χ1n) is 6.90. The minimum atomic E-state index is -0.223. The van der Waals surface area contributed by atoms with Crippen LogP contribution in [0.3, 0.4) is 0 Å². The molecule has 0 atom stereocenters. The Balaban J connectivity index is 0.00000172. The van der Waals surface area contributed by atoms with Crippen molar-refractivity contribution >= 4 is 5.91 Å². The van der Waals surface area contributed by atoms with Crippen LogP contribution in [0.4, 0.5) is 0 Å². The Morgan fingerprint density at radius 3 is 2.15 bits per heavy atom. The number of benzene rings is 1. The van der Waals surface area contributed by atoms with E-state index in [1.807, 2.05) is 39.8 Å². The van der Waals surface area contributed by atoms with E-state index in [2.05, 4.69) is 5.32 Å². The molecule has 0 bridgehead atoms. The standard InChI is InChI=1S/C15H19NO2.C2H6/c1-5-13(14(17)6-2)16-15(18)12-8-7-10(3)11(4)9-12;1-2/h5-9,17H,1-4H3,(H,16,18);1-2H3/b13-5+,14-6+;. The quantitative estimate of drug-likeness (QED) is 0.633. The minimum Gasteiger partial charge on any atom is -0.506 e. The molecule has 0 aliphatic carbocycles. The number of amides is 1. The van der Waals surface area contributed by atoms with E-state index in [0.29, 0.717) is 11.3 Å². The van der Waals surface area contributed by atoms with Gasteiger partial charge in [-0.2, -0.15) is 0 Å². The zero-order chi connectivity index (χ0) is 15.7. The van der Waals surface area contributed by atoms with E-state index < -0.39 is 0 Å². The first-order valence-corrected chi connectivity index (χ1v) is 6.90. The SMILES string of the molecule is C/C=C(O)\C(=C/C)NC(=O)c1ccc(C)c(C)c1.CC. The van der Waals surface area contributed by atoms with Gasteiger partial charge < -0.3 is 10.4 Å². The molecule has 0 saturated carbocycles.